The summed E-state index contributed by atoms with van der Waals surface area (Å²) >= 11 is 0. The molecule has 0 aliphatic rings. The molecule has 0 aliphatic carbocycles. The molecule has 0 spiro atoms. The molecule has 114 valence electrons. The van der Waals surface area contributed by atoms with Crippen molar-refractivity contribution in [3.05, 3.63) is 65.0 Å². The summed E-state index contributed by atoms with van der Waals surface area (Å²) in [5, 5.41) is 4.26. The Morgan fingerprint density at radius 1 is 1.23 bits per heavy atom. The smallest absolute Gasteiger partial charge is 0.189 e. The molecule has 0 radical (unpaired) electrons. The van der Waals surface area contributed by atoms with Gasteiger partial charge in [-0.3, -0.25) is 9.48 Å². The van der Waals surface area contributed by atoms with Crippen LogP contribution in [0.25, 0.3) is 6.08 Å². The Balaban J connectivity index is 2.12. The maximum absolute atomic E-state index is 12.2. The summed E-state index contributed by atoms with van der Waals surface area (Å²) in [6, 6.07) is 7.72. The number of rotatable bonds is 5. The summed E-state index contributed by atoms with van der Waals surface area (Å²) in [4.78, 5) is 12.2. The van der Waals surface area contributed by atoms with E-state index in [0.29, 0.717) is 5.56 Å². The van der Waals surface area contributed by atoms with E-state index in [1.165, 1.54) is 0 Å². The number of ether oxygens (including phenoxy) is 1. The zero-order valence-corrected chi connectivity index (χ0v) is 13.3. The van der Waals surface area contributed by atoms with Gasteiger partial charge in [0.15, 0.2) is 5.78 Å². The molecule has 0 aliphatic heterocycles. The Morgan fingerprint density at radius 2 is 1.95 bits per heavy atom. The van der Waals surface area contributed by atoms with Gasteiger partial charge in [-0.15, -0.1) is 0 Å². The van der Waals surface area contributed by atoms with Gasteiger partial charge < -0.3 is 4.74 Å². The van der Waals surface area contributed by atoms with E-state index in [0.717, 1.165) is 22.7 Å². The Morgan fingerprint density at radius 3 is 2.59 bits per heavy atom. The average molecular weight is 296 g/mol. The molecule has 2 rings (SSSR count). The number of nitrogens with zero attached hydrogens (tertiary/aromatic N) is 2. The fourth-order valence-electron chi connectivity index (χ4n) is 2.32. The van der Waals surface area contributed by atoms with Crippen LogP contribution in [0.15, 0.2) is 42.5 Å². The van der Waals surface area contributed by atoms with Crippen LogP contribution in [-0.2, 0) is 7.05 Å². The van der Waals surface area contributed by atoms with Gasteiger partial charge in [-0.2, -0.15) is 5.10 Å². The highest BCUT2D eigenvalue weighted by molar-refractivity contribution is 6.06. The molecular formula is C18H20N2O2. The van der Waals surface area contributed by atoms with E-state index in [1.807, 2.05) is 57.3 Å². The zero-order valence-electron chi connectivity index (χ0n) is 13.3. The van der Waals surface area contributed by atoms with Crippen molar-refractivity contribution in [1.29, 1.82) is 0 Å². The summed E-state index contributed by atoms with van der Waals surface area (Å²) in [5.41, 5.74) is 3.27. The third-order valence-electron chi connectivity index (χ3n) is 3.53. The van der Waals surface area contributed by atoms with Gasteiger partial charge in [-0.1, -0.05) is 36.4 Å². The molecule has 0 fully saturated rings. The lowest BCUT2D eigenvalue weighted by molar-refractivity contribution is 0.104. The minimum Gasteiger partial charge on any atom is -0.496 e. The molecule has 1 aromatic carbocycles. The van der Waals surface area contributed by atoms with Crippen molar-refractivity contribution in [3.8, 4) is 5.75 Å². The standard InChI is InChI=1S/C18H20N2O2/c1-13-18(14(2)20(3)19-13)16(21)11-7-5-9-15-10-6-8-12-17(15)22-4/h5-12H,1-4H3/b9-5+,11-7-. The largest absolute Gasteiger partial charge is 0.496 e. The number of aryl methyl sites for hydroxylation is 2. The number of ketones is 1. The summed E-state index contributed by atoms with van der Waals surface area (Å²) in [5.74, 6) is 0.769. The Bertz CT molecular complexity index is 740. The second kappa shape index (κ2) is 6.89. The molecule has 0 amide bonds. The van der Waals surface area contributed by atoms with Crippen LogP contribution >= 0.6 is 0 Å². The maximum atomic E-state index is 12.2. The summed E-state index contributed by atoms with van der Waals surface area (Å²) in [7, 11) is 3.48. The molecule has 4 heteroatoms. The number of methoxy groups -OCH3 is 1. The average Bonchev–Trinajstić information content (AvgIpc) is 2.76. The first-order chi connectivity index (χ1) is 10.5. The lowest BCUT2D eigenvalue weighted by Gasteiger charge is -2.02. The van der Waals surface area contributed by atoms with Gasteiger partial charge in [0, 0.05) is 18.3 Å². The number of hydrogen-bond acceptors (Lipinski definition) is 3. The van der Waals surface area contributed by atoms with Gasteiger partial charge in [0.25, 0.3) is 0 Å². The quantitative estimate of drug-likeness (QED) is 0.482. The normalized spacial score (nSPS) is 11.5. The third kappa shape index (κ3) is 3.34. The SMILES string of the molecule is COc1ccccc1/C=C/C=C\C(=O)c1c(C)nn(C)c1C. The lowest BCUT2D eigenvalue weighted by atomic mass is 10.1. The van der Waals surface area contributed by atoms with Crippen molar-refractivity contribution in [3.63, 3.8) is 0 Å². The number of carbonyl (C=O) groups excluding carboxylic acids is 1. The van der Waals surface area contributed by atoms with Crippen molar-refractivity contribution >= 4 is 11.9 Å². The number of aromatic nitrogens is 2. The van der Waals surface area contributed by atoms with Crippen molar-refractivity contribution in [1.82, 2.24) is 9.78 Å². The molecule has 2 aromatic rings. The van der Waals surface area contributed by atoms with Gasteiger partial charge in [0.1, 0.15) is 5.75 Å². The third-order valence-corrected chi connectivity index (χ3v) is 3.53. The van der Waals surface area contributed by atoms with Gasteiger partial charge in [0.2, 0.25) is 0 Å². The van der Waals surface area contributed by atoms with Crippen molar-refractivity contribution in [2.45, 2.75) is 13.8 Å². The first kappa shape index (κ1) is 15.8. The van der Waals surface area contributed by atoms with Crippen LogP contribution in [-0.4, -0.2) is 22.7 Å². The molecule has 4 nitrogen and oxygen atoms in total. The Kier molecular flexibility index (Phi) is 4.94. The van der Waals surface area contributed by atoms with E-state index < -0.39 is 0 Å². The first-order valence-electron chi connectivity index (χ1n) is 7.07. The van der Waals surface area contributed by atoms with Gasteiger partial charge >= 0.3 is 0 Å². The second-order valence-corrected chi connectivity index (χ2v) is 4.99. The van der Waals surface area contributed by atoms with Crippen LogP contribution in [0.5, 0.6) is 5.75 Å². The van der Waals surface area contributed by atoms with Crippen LogP contribution in [0.4, 0.5) is 0 Å². The number of allylic oxidation sites excluding steroid dienone is 3. The molecule has 1 aromatic heterocycles. The summed E-state index contributed by atoms with van der Waals surface area (Å²) in [6.07, 6.45) is 7.03. The molecule has 22 heavy (non-hydrogen) atoms. The number of hydrogen-bond donors (Lipinski definition) is 0. The van der Waals surface area contributed by atoms with Crippen molar-refractivity contribution < 1.29 is 9.53 Å². The van der Waals surface area contributed by atoms with E-state index >= 15 is 0 Å². The maximum Gasteiger partial charge on any atom is 0.189 e. The minimum absolute atomic E-state index is 0.0345. The molecule has 0 atom stereocenters. The van der Waals surface area contributed by atoms with E-state index in [9.17, 15) is 4.79 Å². The molecule has 0 saturated heterocycles. The fourth-order valence-corrected chi connectivity index (χ4v) is 2.32. The van der Waals surface area contributed by atoms with Crippen LogP contribution in [0.1, 0.15) is 27.3 Å². The van der Waals surface area contributed by atoms with E-state index in [2.05, 4.69) is 5.10 Å². The van der Waals surface area contributed by atoms with Gasteiger partial charge in [-0.05, 0) is 26.0 Å². The zero-order chi connectivity index (χ0) is 16.1. The predicted octanol–water partition coefficient (Wildman–Crippen LogP) is 3.50. The molecular weight excluding hydrogens is 276 g/mol. The molecule has 1 heterocycles. The van der Waals surface area contributed by atoms with Crippen LogP contribution < -0.4 is 4.74 Å². The molecule has 0 saturated carbocycles. The number of carbonyl (C=O) groups is 1. The van der Waals surface area contributed by atoms with Crippen molar-refractivity contribution in [2.24, 2.45) is 7.05 Å². The van der Waals surface area contributed by atoms with E-state index in [-0.39, 0.29) is 5.78 Å². The Labute approximate surface area is 130 Å². The first-order valence-corrected chi connectivity index (χ1v) is 7.07. The van der Waals surface area contributed by atoms with Crippen molar-refractivity contribution in [2.75, 3.05) is 7.11 Å². The topological polar surface area (TPSA) is 44.1 Å². The molecule has 0 unspecified atom stereocenters. The Hall–Kier alpha value is -2.62. The van der Waals surface area contributed by atoms with Gasteiger partial charge in [-0.25, -0.2) is 0 Å². The summed E-state index contributed by atoms with van der Waals surface area (Å²) in [6.45, 7) is 3.74. The highest BCUT2D eigenvalue weighted by atomic mass is 16.5. The lowest BCUT2D eigenvalue weighted by Crippen LogP contribution is -1.99. The fraction of sp³-hybridized carbons (Fsp3) is 0.222. The van der Waals surface area contributed by atoms with Crippen LogP contribution in [0, 0.1) is 13.8 Å². The summed E-state index contributed by atoms with van der Waals surface area (Å²) < 4.78 is 7.00. The monoisotopic (exact) mass is 296 g/mol. The molecule has 0 bridgehead atoms. The number of benzene rings is 1. The van der Waals surface area contributed by atoms with E-state index in [1.54, 1.807) is 23.9 Å². The predicted molar refractivity (Wildman–Crippen MR) is 88.2 cm³/mol. The van der Waals surface area contributed by atoms with Crippen LogP contribution in [0.3, 0.4) is 0 Å². The second-order valence-electron chi connectivity index (χ2n) is 4.99. The molecule has 0 N–H and O–H groups in total. The van der Waals surface area contributed by atoms with Crippen LogP contribution in [0.2, 0.25) is 0 Å². The van der Waals surface area contributed by atoms with Gasteiger partial charge in [0.05, 0.1) is 18.4 Å². The van der Waals surface area contributed by atoms with E-state index in [4.69, 9.17) is 4.74 Å². The number of para-hydroxylation sites is 1. The minimum atomic E-state index is -0.0345. The highest BCUT2D eigenvalue weighted by Gasteiger charge is 2.14. The highest BCUT2D eigenvalue weighted by Crippen LogP contribution is 2.18.